The van der Waals surface area contributed by atoms with Gasteiger partial charge in [0, 0.05) is 20.2 Å². The van der Waals surface area contributed by atoms with E-state index in [1.54, 1.807) is 0 Å². The lowest BCUT2D eigenvalue weighted by molar-refractivity contribution is 1.73. The first-order chi connectivity index (χ1) is 22.9. The lowest BCUT2D eigenvalue weighted by Crippen LogP contribution is -1.85. The van der Waals surface area contributed by atoms with Gasteiger partial charge in [0.05, 0.1) is 24.7 Å². The fourth-order valence-corrected chi connectivity index (χ4v) is 4.86. The molecule has 144 valence electrons. The molecule has 7 aromatic rings. The highest BCUT2D eigenvalue weighted by atomic mass is 32.1. The van der Waals surface area contributed by atoms with Crippen molar-refractivity contribution in [2.45, 2.75) is 0 Å². The molecular formula is C30H18S. The molecule has 1 heteroatoms. The normalized spacial score (nSPS) is 20.0. The van der Waals surface area contributed by atoms with Crippen LogP contribution in [0.1, 0.15) is 24.7 Å². The van der Waals surface area contributed by atoms with Crippen molar-refractivity contribution in [2.24, 2.45) is 0 Å². The van der Waals surface area contributed by atoms with Crippen LogP contribution in [0, 0.1) is 0 Å². The molecule has 0 aliphatic heterocycles. The summed E-state index contributed by atoms with van der Waals surface area (Å²) in [6.07, 6.45) is 0. The third-order valence-corrected chi connectivity index (χ3v) is 6.25. The first-order valence-electron chi connectivity index (χ1n) is 18.2. The Hall–Kier alpha value is -3.68. The molecular weight excluding hydrogens is 392 g/mol. The van der Waals surface area contributed by atoms with Crippen molar-refractivity contribution >= 4 is 63.8 Å². The highest BCUT2D eigenvalue weighted by Crippen LogP contribution is 2.42. The van der Waals surface area contributed by atoms with Gasteiger partial charge in [-0.15, -0.1) is 11.3 Å². The number of benzene rings is 6. The van der Waals surface area contributed by atoms with Gasteiger partial charge in [-0.05, 0) is 55.5 Å². The fourth-order valence-electron chi connectivity index (χ4n) is 3.79. The van der Waals surface area contributed by atoms with Crippen LogP contribution in [0.4, 0.5) is 0 Å². The maximum absolute atomic E-state index is 9.50. The van der Waals surface area contributed by atoms with Gasteiger partial charge in [0.15, 0.2) is 0 Å². The third kappa shape index (κ3) is 2.41. The van der Waals surface area contributed by atoms with E-state index in [0.29, 0.717) is 0 Å². The van der Waals surface area contributed by atoms with E-state index in [-0.39, 0.29) is 58.1 Å². The van der Waals surface area contributed by atoms with Crippen molar-refractivity contribution < 1.29 is 24.7 Å². The third-order valence-electron chi connectivity index (χ3n) is 5.12. The number of hydrogen-bond acceptors (Lipinski definition) is 1. The predicted octanol–water partition coefficient (Wildman–Crippen LogP) is 9.18. The van der Waals surface area contributed by atoms with E-state index in [0.717, 1.165) is 11.3 Å². The van der Waals surface area contributed by atoms with Crippen LogP contribution in [0.25, 0.3) is 63.6 Å². The van der Waals surface area contributed by atoms with Crippen LogP contribution in [0.5, 0.6) is 0 Å². The van der Waals surface area contributed by atoms with Gasteiger partial charge >= 0.3 is 0 Å². The zero-order chi connectivity index (χ0) is 36.0. The van der Waals surface area contributed by atoms with Gasteiger partial charge in [-0.1, -0.05) is 96.7 Å². The Kier molecular flexibility index (Phi) is 1.49. The zero-order valence-electron chi connectivity index (χ0n) is 33.4. The largest absolute Gasteiger partial charge is 0.135 e. The Morgan fingerprint density at radius 3 is 1.71 bits per heavy atom. The van der Waals surface area contributed by atoms with E-state index in [1.807, 2.05) is 0 Å². The minimum Gasteiger partial charge on any atom is -0.135 e. The summed E-state index contributed by atoms with van der Waals surface area (Å²) in [7, 11) is 0. The molecule has 0 aliphatic rings. The smallest absolute Gasteiger partial charge is 0.0638 e. The molecule has 0 saturated heterocycles. The van der Waals surface area contributed by atoms with Gasteiger partial charge in [0.25, 0.3) is 0 Å². The quantitative estimate of drug-likeness (QED) is 0.229. The summed E-state index contributed by atoms with van der Waals surface area (Å²) in [4.78, 5) is 0. The standard InChI is InChI=1S/C30H18S/c1-2-10-23-21(8-1)22-9-3-4-11-24(22)28-18-19(16-17-25(23)28)20-13-7-14-27-26-12-5-6-15-29(26)31-30(20)27/h1-18H/i1D,2D,3D,4D,5D,6D,7D,8D,9D,10D,11D,12D,13D,14D,15D,16D,17D,18D. The molecule has 0 radical (unpaired) electrons. The van der Waals surface area contributed by atoms with E-state index in [4.69, 9.17) is 21.9 Å². The summed E-state index contributed by atoms with van der Waals surface area (Å²) in [6, 6.07) is -11.6. The second-order valence-electron chi connectivity index (χ2n) is 6.76. The van der Waals surface area contributed by atoms with Crippen molar-refractivity contribution in [1.82, 2.24) is 0 Å². The SMILES string of the molecule is [2H]c1c([2H])c([2H])c2c(sc3c(-c4c([2H])c([2H])c5c6c([2H])c([2H])c([2H])c([2H])c6c6c([2H])c([2H])c([2H])c([2H])c6c5c4[2H])c([2H])c([2H])c([2H])c32)c1[2H]. The number of thiophene rings is 1. The Labute approximate surface area is 209 Å². The van der Waals surface area contributed by atoms with E-state index in [9.17, 15) is 2.74 Å². The highest BCUT2D eigenvalue weighted by Gasteiger charge is 2.13. The average molecular weight is 429 g/mol. The Bertz CT molecular complexity index is 2700. The summed E-state index contributed by atoms with van der Waals surface area (Å²) in [6.45, 7) is 0. The number of fused-ring (bicyclic) bond motifs is 9. The first-order valence-corrected chi connectivity index (χ1v) is 9.97. The van der Waals surface area contributed by atoms with Crippen LogP contribution in [0.2, 0.25) is 0 Å². The molecule has 1 heterocycles. The van der Waals surface area contributed by atoms with E-state index in [1.165, 1.54) is 0 Å². The van der Waals surface area contributed by atoms with Crippen LogP contribution in [-0.4, -0.2) is 0 Å². The number of rotatable bonds is 1. The van der Waals surface area contributed by atoms with Gasteiger partial charge in [-0.25, -0.2) is 0 Å². The van der Waals surface area contributed by atoms with E-state index < -0.39 is 114 Å². The molecule has 0 nitrogen and oxygen atoms in total. The van der Waals surface area contributed by atoms with Crippen LogP contribution in [0.15, 0.2) is 109 Å². The molecule has 6 aromatic carbocycles. The van der Waals surface area contributed by atoms with Gasteiger partial charge < -0.3 is 0 Å². The van der Waals surface area contributed by atoms with Gasteiger partial charge in [-0.2, -0.15) is 0 Å². The molecule has 0 fully saturated rings. The van der Waals surface area contributed by atoms with E-state index >= 15 is 0 Å². The first kappa shape index (κ1) is 7.19. The van der Waals surface area contributed by atoms with Crippen LogP contribution in [-0.2, 0) is 0 Å². The van der Waals surface area contributed by atoms with Crippen molar-refractivity contribution in [1.29, 1.82) is 0 Å². The van der Waals surface area contributed by atoms with Crippen LogP contribution in [0.3, 0.4) is 0 Å². The Morgan fingerprint density at radius 2 is 1.00 bits per heavy atom. The summed E-state index contributed by atoms with van der Waals surface area (Å²) in [5, 5.41) is -2.34. The molecule has 0 N–H and O–H groups in total. The molecule has 0 unspecified atom stereocenters. The summed E-state index contributed by atoms with van der Waals surface area (Å²) in [5.41, 5.74) is -0.778. The van der Waals surface area contributed by atoms with Gasteiger partial charge in [-0.3, -0.25) is 0 Å². The highest BCUT2D eigenvalue weighted by molar-refractivity contribution is 7.26. The fraction of sp³-hybridized carbons (Fsp3) is 0. The van der Waals surface area contributed by atoms with Crippen molar-refractivity contribution in [2.75, 3.05) is 0 Å². The Balaban J connectivity index is 1.85. The predicted molar refractivity (Wildman–Crippen MR) is 137 cm³/mol. The molecule has 0 amide bonds. The average Bonchev–Trinajstić information content (AvgIpc) is 3.48. The minimum absolute atomic E-state index is 0.00717. The van der Waals surface area contributed by atoms with Crippen LogP contribution < -0.4 is 0 Å². The molecule has 0 spiro atoms. The maximum atomic E-state index is 9.50. The summed E-state index contributed by atoms with van der Waals surface area (Å²) in [5.74, 6) is 0. The minimum atomic E-state index is -0.732. The second-order valence-corrected chi connectivity index (χ2v) is 7.78. The molecule has 0 bridgehead atoms. The van der Waals surface area contributed by atoms with Crippen molar-refractivity contribution in [3.05, 3.63) is 109 Å². The van der Waals surface area contributed by atoms with Crippen molar-refractivity contribution in [3.8, 4) is 11.1 Å². The van der Waals surface area contributed by atoms with E-state index in [2.05, 4.69) is 0 Å². The monoisotopic (exact) mass is 428 g/mol. The Morgan fingerprint density at radius 1 is 0.452 bits per heavy atom. The molecule has 31 heavy (non-hydrogen) atoms. The lowest BCUT2D eigenvalue weighted by atomic mass is 9.92. The van der Waals surface area contributed by atoms with Crippen LogP contribution >= 0.6 is 11.3 Å². The second kappa shape index (κ2) is 6.41. The zero-order valence-corrected chi connectivity index (χ0v) is 16.2. The summed E-state index contributed by atoms with van der Waals surface area (Å²) < 4.78 is 156. The molecule has 0 aliphatic carbocycles. The van der Waals surface area contributed by atoms with Gasteiger partial charge in [0.1, 0.15) is 0 Å². The molecule has 0 saturated carbocycles. The molecule has 0 atom stereocenters. The summed E-state index contributed by atoms with van der Waals surface area (Å²) >= 11 is 0.752. The topological polar surface area (TPSA) is 0 Å². The lowest BCUT2D eigenvalue weighted by Gasteiger charge is -2.12. The number of hydrogen-bond donors (Lipinski definition) is 0. The maximum Gasteiger partial charge on any atom is 0.0638 e. The van der Waals surface area contributed by atoms with Crippen molar-refractivity contribution in [3.63, 3.8) is 0 Å². The molecule has 1 aromatic heterocycles. The molecule has 7 rings (SSSR count). The van der Waals surface area contributed by atoms with Gasteiger partial charge in [0.2, 0.25) is 0 Å².